The highest BCUT2D eigenvalue weighted by atomic mass is 32.2. The molecule has 2 aromatic rings. The van der Waals surface area contributed by atoms with E-state index in [2.05, 4.69) is 0 Å². The second kappa shape index (κ2) is 4.53. The van der Waals surface area contributed by atoms with Crippen molar-refractivity contribution in [3.63, 3.8) is 0 Å². The van der Waals surface area contributed by atoms with Gasteiger partial charge in [-0.2, -0.15) is 0 Å². The van der Waals surface area contributed by atoms with Crippen LogP contribution in [0.2, 0.25) is 0 Å². The molecule has 1 aromatic heterocycles. The fraction of sp³-hybridized carbons (Fsp3) is 0.273. The Morgan fingerprint density at radius 2 is 2.06 bits per heavy atom. The number of hydrogen-bond acceptors (Lipinski definition) is 4. The molecule has 16 heavy (non-hydrogen) atoms. The number of thiophene rings is 1. The lowest BCUT2D eigenvalue weighted by Crippen LogP contribution is -1.91. The van der Waals surface area contributed by atoms with Gasteiger partial charge in [-0.15, -0.1) is 11.3 Å². The molecular weight excluding hydrogens is 244 g/mol. The van der Waals surface area contributed by atoms with E-state index in [1.54, 1.807) is 7.11 Å². The topological polar surface area (TPSA) is 35.5 Å². The fourth-order valence-electron chi connectivity index (χ4n) is 1.54. The molecule has 0 amide bonds. The van der Waals surface area contributed by atoms with Crippen molar-refractivity contribution >= 4 is 32.5 Å². The van der Waals surface area contributed by atoms with Gasteiger partial charge in [0.1, 0.15) is 9.96 Å². The molecule has 86 valence electrons. The highest BCUT2D eigenvalue weighted by Crippen LogP contribution is 2.35. The number of rotatable bonds is 3. The van der Waals surface area contributed by atoms with Crippen LogP contribution in [0.25, 0.3) is 10.1 Å². The molecule has 1 heterocycles. The smallest absolute Gasteiger partial charge is 0.199 e. The number of aryl methyl sites for hydroxylation is 1. The predicted octanol–water partition coefficient (Wildman–Crippen LogP) is 2.89. The van der Waals surface area contributed by atoms with Crippen LogP contribution in [0, 0.1) is 6.92 Å². The van der Waals surface area contributed by atoms with Crippen LogP contribution >= 0.6 is 11.3 Å². The van der Waals surface area contributed by atoms with Gasteiger partial charge in [-0.05, 0) is 30.7 Å². The third-order valence-corrected chi connectivity index (χ3v) is 5.04. The molecule has 0 spiro atoms. The third-order valence-electron chi connectivity index (χ3n) is 2.40. The van der Waals surface area contributed by atoms with Gasteiger partial charge in [0.15, 0.2) is 11.1 Å². The summed E-state index contributed by atoms with van der Waals surface area (Å²) < 4.78 is 23.5. The summed E-state index contributed by atoms with van der Waals surface area (Å²) in [6.07, 6.45) is 0. The zero-order chi connectivity index (χ0) is 11.7. The molecule has 0 N–H and O–H groups in total. The van der Waals surface area contributed by atoms with Crippen molar-refractivity contribution in [1.29, 1.82) is 0 Å². The van der Waals surface area contributed by atoms with Crippen LogP contribution in [0.1, 0.15) is 5.56 Å². The normalized spacial score (nSPS) is 12.9. The fourth-order valence-corrected chi connectivity index (χ4v) is 3.72. The molecular formula is C11H12O3S2. The van der Waals surface area contributed by atoms with E-state index in [-0.39, 0.29) is 0 Å². The van der Waals surface area contributed by atoms with Gasteiger partial charge in [-0.3, -0.25) is 4.18 Å². The SMILES string of the molecule is COc1ccc2sc(S(=O)OC)c(C)c2c1. The number of hydrogen-bond donors (Lipinski definition) is 0. The molecule has 2 rings (SSSR count). The largest absolute Gasteiger partial charge is 0.497 e. The minimum absolute atomic E-state index is 0.769. The number of fused-ring (bicyclic) bond motifs is 1. The van der Waals surface area contributed by atoms with E-state index in [4.69, 9.17) is 8.92 Å². The van der Waals surface area contributed by atoms with Crippen LogP contribution < -0.4 is 4.74 Å². The summed E-state index contributed by atoms with van der Waals surface area (Å²) in [6, 6.07) is 5.83. The standard InChI is InChI=1S/C11H12O3S2/c1-7-9-6-8(13-2)4-5-10(9)15-11(7)16(12)14-3/h4-6H,1-3H3. The van der Waals surface area contributed by atoms with Crippen molar-refractivity contribution in [3.8, 4) is 5.75 Å². The van der Waals surface area contributed by atoms with Gasteiger partial charge in [-0.25, -0.2) is 4.21 Å². The Kier molecular flexibility index (Phi) is 3.28. The van der Waals surface area contributed by atoms with Crippen LogP contribution in [-0.2, 0) is 15.3 Å². The third kappa shape index (κ3) is 1.86. The first-order chi connectivity index (χ1) is 7.67. The van der Waals surface area contributed by atoms with Gasteiger partial charge in [-0.1, -0.05) is 0 Å². The van der Waals surface area contributed by atoms with Crippen LogP contribution in [0.3, 0.4) is 0 Å². The van der Waals surface area contributed by atoms with Crippen LogP contribution in [0.5, 0.6) is 5.75 Å². The lowest BCUT2D eigenvalue weighted by atomic mass is 10.2. The molecule has 0 aliphatic heterocycles. The molecule has 5 heteroatoms. The summed E-state index contributed by atoms with van der Waals surface area (Å²) >= 11 is 0.130. The zero-order valence-electron chi connectivity index (χ0n) is 9.27. The maximum absolute atomic E-state index is 11.6. The Hall–Kier alpha value is -0.910. The number of benzene rings is 1. The molecule has 1 aromatic carbocycles. The molecule has 0 bridgehead atoms. The summed E-state index contributed by atoms with van der Waals surface area (Å²) in [7, 11) is 3.08. The first-order valence-corrected chi connectivity index (χ1v) is 6.60. The summed E-state index contributed by atoms with van der Waals surface area (Å²) in [5, 5.41) is 1.07. The van der Waals surface area contributed by atoms with Crippen LogP contribution in [0.15, 0.2) is 22.4 Å². The molecule has 1 unspecified atom stereocenters. The average molecular weight is 256 g/mol. The van der Waals surface area contributed by atoms with Crippen molar-refractivity contribution in [1.82, 2.24) is 0 Å². The van der Waals surface area contributed by atoms with Crippen molar-refractivity contribution in [2.24, 2.45) is 0 Å². The lowest BCUT2D eigenvalue weighted by molar-refractivity contribution is 0.415. The molecule has 0 saturated heterocycles. The first kappa shape index (κ1) is 11.6. The molecule has 0 aliphatic carbocycles. The second-order valence-electron chi connectivity index (χ2n) is 3.28. The summed E-state index contributed by atoms with van der Waals surface area (Å²) in [5.74, 6) is 0.808. The Morgan fingerprint density at radius 3 is 2.69 bits per heavy atom. The highest BCUT2D eigenvalue weighted by Gasteiger charge is 2.14. The maximum atomic E-state index is 11.6. The Morgan fingerprint density at radius 1 is 1.31 bits per heavy atom. The highest BCUT2D eigenvalue weighted by molar-refractivity contribution is 7.83. The number of methoxy groups -OCH3 is 1. The Bertz CT molecular complexity index is 545. The molecule has 0 radical (unpaired) electrons. The predicted molar refractivity (Wildman–Crippen MR) is 66.5 cm³/mol. The van der Waals surface area contributed by atoms with E-state index in [9.17, 15) is 4.21 Å². The van der Waals surface area contributed by atoms with Gasteiger partial charge in [0.25, 0.3) is 0 Å². The van der Waals surface area contributed by atoms with Gasteiger partial charge in [0.05, 0.1) is 14.2 Å². The van der Waals surface area contributed by atoms with E-state index in [1.807, 2.05) is 25.1 Å². The van der Waals surface area contributed by atoms with Gasteiger partial charge < -0.3 is 4.74 Å². The lowest BCUT2D eigenvalue weighted by Gasteiger charge is -1.99. The van der Waals surface area contributed by atoms with E-state index in [0.29, 0.717) is 0 Å². The van der Waals surface area contributed by atoms with Crippen molar-refractivity contribution in [3.05, 3.63) is 23.8 Å². The van der Waals surface area contributed by atoms with Gasteiger partial charge >= 0.3 is 0 Å². The molecule has 3 nitrogen and oxygen atoms in total. The van der Waals surface area contributed by atoms with Crippen molar-refractivity contribution in [2.75, 3.05) is 14.2 Å². The molecule has 0 fully saturated rings. The summed E-state index contributed by atoms with van der Waals surface area (Å²) in [5.41, 5.74) is 0.999. The maximum Gasteiger partial charge on any atom is 0.199 e. The van der Waals surface area contributed by atoms with Crippen LogP contribution in [0.4, 0.5) is 0 Å². The molecule has 0 aliphatic rings. The van der Waals surface area contributed by atoms with E-state index >= 15 is 0 Å². The van der Waals surface area contributed by atoms with Crippen LogP contribution in [-0.4, -0.2) is 18.4 Å². The van der Waals surface area contributed by atoms with E-state index in [0.717, 1.165) is 25.6 Å². The Labute approximate surface area is 101 Å². The number of ether oxygens (including phenoxy) is 1. The quantitative estimate of drug-likeness (QED) is 0.847. The van der Waals surface area contributed by atoms with Crippen molar-refractivity contribution < 1.29 is 13.1 Å². The first-order valence-electron chi connectivity index (χ1n) is 4.70. The average Bonchev–Trinajstić information content (AvgIpc) is 2.65. The zero-order valence-corrected chi connectivity index (χ0v) is 10.9. The van der Waals surface area contributed by atoms with Gasteiger partial charge in [0.2, 0.25) is 0 Å². The summed E-state index contributed by atoms with van der Waals surface area (Å²) in [6.45, 7) is 1.95. The van der Waals surface area contributed by atoms with E-state index in [1.165, 1.54) is 18.4 Å². The Balaban J connectivity index is 2.64. The van der Waals surface area contributed by atoms with Crippen molar-refractivity contribution in [2.45, 2.75) is 11.1 Å². The minimum Gasteiger partial charge on any atom is -0.497 e. The summed E-state index contributed by atoms with van der Waals surface area (Å²) in [4.78, 5) is 0. The molecule has 0 saturated carbocycles. The monoisotopic (exact) mass is 256 g/mol. The van der Waals surface area contributed by atoms with E-state index < -0.39 is 11.1 Å². The second-order valence-corrected chi connectivity index (χ2v) is 5.80. The minimum atomic E-state index is -1.37. The molecule has 1 atom stereocenters. The van der Waals surface area contributed by atoms with Gasteiger partial charge in [0, 0.05) is 10.1 Å².